The van der Waals surface area contributed by atoms with Crippen molar-refractivity contribution < 1.29 is 4.79 Å². The van der Waals surface area contributed by atoms with Gasteiger partial charge in [-0.2, -0.15) is 0 Å². The molecule has 2 saturated heterocycles. The molecule has 1 aliphatic carbocycles. The van der Waals surface area contributed by atoms with E-state index in [4.69, 9.17) is 0 Å². The fourth-order valence-corrected chi connectivity index (χ4v) is 4.81. The summed E-state index contributed by atoms with van der Waals surface area (Å²) in [5.74, 6) is 1.73. The lowest BCUT2D eigenvalue weighted by molar-refractivity contribution is -0.121. The van der Waals surface area contributed by atoms with E-state index in [1.54, 1.807) is 0 Å². The van der Waals surface area contributed by atoms with Crippen LogP contribution in [0.4, 0.5) is 0 Å². The van der Waals surface area contributed by atoms with Crippen molar-refractivity contribution >= 4 is 5.91 Å². The number of fused-ring (bicyclic) bond motifs is 1. The highest BCUT2D eigenvalue weighted by Crippen LogP contribution is 2.38. The molecule has 3 unspecified atom stereocenters. The quantitative estimate of drug-likeness (QED) is 0.792. The molecule has 0 aromatic carbocycles. The normalized spacial score (nSPS) is 32.4. The van der Waals surface area contributed by atoms with Crippen LogP contribution in [0.5, 0.6) is 0 Å². The van der Waals surface area contributed by atoms with E-state index in [1.807, 2.05) is 6.92 Å². The third-order valence-corrected chi connectivity index (χ3v) is 6.47. The van der Waals surface area contributed by atoms with Crippen LogP contribution in [-0.2, 0) is 4.79 Å². The van der Waals surface area contributed by atoms with E-state index >= 15 is 0 Å². The van der Waals surface area contributed by atoms with Gasteiger partial charge in [-0.05, 0) is 38.5 Å². The van der Waals surface area contributed by atoms with Crippen molar-refractivity contribution in [3.05, 3.63) is 0 Å². The van der Waals surface area contributed by atoms with Crippen LogP contribution in [0.3, 0.4) is 0 Å². The molecular formula is C19H36N4O. The van der Waals surface area contributed by atoms with Crippen LogP contribution >= 0.6 is 0 Å². The third-order valence-electron chi connectivity index (χ3n) is 6.47. The maximum atomic E-state index is 11.7. The molecule has 1 saturated carbocycles. The summed E-state index contributed by atoms with van der Waals surface area (Å²) in [5.41, 5.74) is 0. The number of nitrogens with one attached hydrogen (secondary N) is 1. The first kappa shape index (κ1) is 18.2. The van der Waals surface area contributed by atoms with Gasteiger partial charge in [-0.15, -0.1) is 0 Å². The molecule has 24 heavy (non-hydrogen) atoms. The lowest BCUT2D eigenvalue weighted by Gasteiger charge is -2.37. The molecule has 1 N–H and O–H groups in total. The molecular weight excluding hydrogens is 300 g/mol. The van der Waals surface area contributed by atoms with Crippen LogP contribution < -0.4 is 5.32 Å². The standard InChI is InChI=1S/C19H36N4O/c1-4-19(24)20-18-6-5-16-13-22(14-17(16)18)8-7-21-9-11-23(12-10-21)15(2)3/h15-18H,4-14H2,1-3H3,(H,20,24). The number of piperazine rings is 1. The highest BCUT2D eigenvalue weighted by molar-refractivity contribution is 5.75. The molecule has 0 radical (unpaired) electrons. The smallest absolute Gasteiger partial charge is 0.219 e. The summed E-state index contributed by atoms with van der Waals surface area (Å²) in [6, 6.07) is 1.11. The Morgan fingerprint density at radius 2 is 1.75 bits per heavy atom. The van der Waals surface area contributed by atoms with Gasteiger partial charge >= 0.3 is 0 Å². The summed E-state index contributed by atoms with van der Waals surface area (Å²) in [6.45, 7) is 16.2. The molecule has 3 atom stereocenters. The van der Waals surface area contributed by atoms with Gasteiger partial charge in [0.05, 0.1) is 0 Å². The maximum Gasteiger partial charge on any atom is 0.219 e. The highest BCUT2D eigenvalue weighted by Gasteiger charge is 2.42. The minimum absolute atomic E-state index is 0.224. The van der Waals surface area contributed by atoms with Gasteiger partial charge < -0.3 is 10.2 Å². The first-order chi connectivity index (χ1) is 11.6. The van der Waals surface area contributed by atoms with Crippen molar-refractivity contribution in [2.75, 3.05) is 52.4 Å². The lowest BCUT2D eigenvalue weighted by atomic mass is 9.98. The molecule has 138 valence electrons. The van der Waals surface area contributed by atoms with Gasteiger partial charge in [-0.1, -0.05) is 6.92 Å². The average Bonchev–Trinajstić information content (AvgIpc) is 3.14. The summed E-state index contributed by atoms with van der Waals surface area (Å²) in [4.78, 5) is 19.6. The van der Waals surface area contributed by atoms with E-state index in [1.165, 1.54) is 65.2 Å². The van der Waals surface area contributed by atoms with Crippen LogP contribution in [0.15, 0.2) is 0 Å². The molecule has 0 spiro atoms. The van der Waals surface area contributed by atoms with Gasteiger partial charge in [-0.25, -0.2) is 0 Å². The largest absolute Gasteiger partial charge is 0.353 e. The SMILES string of the molecule is CCC(=O)NC1CCC2CN(CCN3CCN(C(C)C)CC3)CC21. The van der Waals surface area contributed by atoms with Crippen LogP contribution in [0.1, 0.15) is 40.0 Å². The average molecular weight is 337 g/mol. The zero-order valence-corrected chi connectivity index (χ0v) is 15.8. The fraction of sp³-hybridized carbons (Fsp3) is 0.947. The summed E-state index contributed by atoms with van der Waals surface area (Å²) < 4.78 is 0. The number of rotatable bonds is 6. The zero-order chi connectivity index (χ0) is 17.1. The van der Waals surface area contributed by atoms with Crippen LogP contribution in [0.2, 0.25) is 0 Å². The summed E-state index contributed by atoms with van der Waals surface area (Å²) >= 11 is 0. The van der Waals surface area contributed by atoms with Gasteiger partial charge in [0, 0.05) is 70.9 Å². The Labute approximate surface area is 147 Å². The van der Waals surface area contributed by atoms with Crippen molar-refractivity contribution in [3.8, 4) is 0 Å². The number of carbonyl (C=O) groups is 1. The van der Waals surface area contributed by atoms with Gasteiger partial charge in [-0.3, -0.25) is 14.6 Å². The minimum Gasteiger partial charge on any atom is -0.353 e. The summed E-state index contributed by atoms with van der Waals surface area (Å²) in [6.07, 6.45) is 3.09. The Bertz CT molecular complexity index is 420. The molecule has 0 bridgehead atoms. The van der Waals surface area contributed by atoms with Crippen LogP contribution in [0.25, 0.3) is 0 Å². The molecule has 3 fully saturated rings. The molecule has 2 heterocycles. The third kappa shape index (κ3) is 4.30. The van der Waals surface area contributed by atoms with E-state index in [0.717, 1.165) is 5.92 Å². The van der Waals surface area contributed by atoms with Crippen LogP contribution in [0, 0.1) is 11.8 Å². The van der Waals surface area contributed by atoms with Crippen molar-refractivity contribution in [2.45, 2.75) is 52.1 Å². The maximum absolute atomic E-state index is 11.7. The molecule has 5 heteroatoms. The number of likely N-dealkylation sites (tertiary alicyclic amines) is 1. The predicted molar refractivity (Wildman–Crippen MR) is 98.0 cm³/mol. The van der Waals surface area contributed by atoms with Gasteiger partial charge in [0.1, 0.15) is 0 Å². The predicted octanol–water partition coefficient (Wildman–Crippen LogP) is 1.25. The van der Waals surface area contributed by atoms with E-state index in [9.17, 15) is 4.79 Å². The van der Waals surface area contributed by atoms with Crippen LogP contribution in [-0.4, -0.2) is 85.0 Å². The second kappa shape index (κ2) is 8.15. The topological polar surface area (TPSA) is 38.8 Å². The second-order valence-electron chi connectivity index (χ2n) is 8.26. The van der Waals surface area contributed by atoms with E-state index < -0.39 is 0 Å². The van der Waals surface area contributed by atoms with E-state index in [2.05, 4.69) is 33.9 Å². The van der Waals surface area contributed by atoms with Crippen molar-refractivity contribution in [2.24, 2.45) is 11.8 Å². The highest BCUT2D eigenvalue weighted by atomic mass is 16.1. The van der Waals surface area contributed by atoms with Crippen molar-refractivity contribution in [1.82, 2.24) is 20.0 Å². The molecule has 3 aliphatic rings. The number of carbonyl (C=O) groups excluding carboxylic acids is 1. The second-order valence-corrected chi connectivity index (χ2v) is 8.26. The summed E-state index contributed by atoms with van der Waals surface area (Å²) in [7, 11) is 0. The number of amides is 1. The monoisotopic (exact) mass is 336 g/mol. The molecule has 2 aliphatic heterocycles. The number of hydrogen-bond donors (Lipinski definition) is 1. The Kier molecular flexibility index (Phi) is 6.17. The Morgan fingerprint density at radius 3 is 2.42 bits per heavy atom. The summed E-state index contributed by atoms with van der Waals surface area (Å²) in [5, 5.41) is 3.26. The zero-order valence-electron chi connectivity index (χ0n) is 15.8. The van der Waals surface area contributed by atoms with E-state index in [-0.39, 0.29) is 5.91 Å². The molecule has 0 aromatic rings. The fourth-order valence-electron chi connectivity index (χ4n) is 4.81. The Hall–Kier alpha value is -0.650. The molecule has 0 aromatic heterocycles. The van der Waals surface area contributed by atoms with Crippen molar-refractivity contribution in [1.29, 1.82) is 0 Å². The molecule has 1 amide bonds. The van der Waals surface area contributed by atoms with Gasteiger partial charge in [0.15, 0.2) is 0 Å². The number of nitrogens with zero attached hydrogens (tertiary/aromatic N) is 3. The van der Waals surface area contributed by atoms with Crippen molar-refractivity contribution in [3.63, 3.8) is 0 Å². The lowest BCUT2D eigenvalue weighted by Crippen LogP contribution is -2.50. The Balaban J connectivity index is 1.39. The Morgan fingerprint density at radius 1 is 1.04 bits per heavy atom. The van der Waals surface area contributed by atoms with Gasteiger partial charge in [0.25, 0.3) is 0 Å². The molecule has 5 nitrogen and oxygen atoms in total. The minimum atomic E-state index is 0.224. The first-order valence-electron chi connectivity index (χ1n) is 10.0. The van der Waals surface area contributed by atoms with E-state index in [0.29, 0.717) is 24.4 Å². The number of hydrogen-bond acceptors (Lipinski definition) is 4. The first-order valence-corrected chi connectivity index (χ1v) is 10.0. The molecule has 3 rings (SSSR count). The van der Waals surface area contributed by atoms with Gasteiger partial charge in [0.2, 0.25) is 5.91 Å².